The van der Waals surface area contributed by atoms with Crippen molar-refractivity contribution in [1.29, 1.82) is 0 Å². The molecular formula is C64H125NO10. The zero-order valence-electron chi connectivity index (χ0n) is 49.1. The Balaban J connectivity index is 2.25. The molecule has 0 radical (unpaired) electrons. The van der Waals surface area contributed by atoms with E-state index in [0.29, 0.717) is 19.3 Å². The van der Waals surface area contributed by atoms with Gasteiger partial charge in [-0.05, 0) is 38.5 Å². The molecule has 75 heavy (non-hydrogen) atoms. The van der Waals surface area contributed by atoms with Crippen LogP contribution in [0.5, 0.6) is 0 Å². The number of nitrogens with one attached hydrogen (secondary N) is 1. The first kappa shape index (κ1) is 71.9. The monoisotopic (exact) mass is 1070 g/mol. The standard InChI is InChI=1S/C64H125NO10/c1-3-5-7-9-11-13-15-17-19-21-23-25-27-28-30-32-34-36-38-40-42-44-46-48-50-52-57(68)63(73)65-55(54-74-64-62(72)61(71)60(70)58(53-66)75-64)59(69)56(67)51-49-47-45-43-41-39-37-35-33-31-29-26-24-22-20-18-16-14-12-10-8-6-4-2/h28,30,55-62,64,66-72H,3-27,29,31-54H2,1-2H3,(H,65,73)/b30-28-. The molecule has 9 unspecified atom stereocenters. The van der Waals surface area contributed by atoms with Crippen molar-refractivity contribution in [2.24, 2.45) is 0 Å². The molecule has 11 nitrogen and oxygen atoms in total. The van der Waals surface area contributed by atoms with Crippen LogP contribution in [-0.2, 0) is 14.3 Å². The van der Waals surface area contributed by atoms with E-state index in [1.807, 2.05) is 0 Å². The van der Waals surface area contributed by atoms with Crippen LogP contribution in [0, 0.1) is 0 Å². The molecule has 0 aromatic heterocycles. The third-order valence-corrected chi connectivity index (χ3v) is 16.1. The Bertz CT molecular complexity index is 1220. The fraction of sp³-hybridized carbons (Fsp3) is 0.953. The highest BCUT2D eigenvalue weighted by Crippen LogP contribution is 2.24. The zero-order valence-corrected chi connectivity index (χ0v) is 49.1. The second kappa shape index (κ2) is 53.5. The summed E-state index contributed by atoms with van der Waals surface area (Å²) in [5.41, 5.74) is 0. The van der Waals surface area contributed by atoms with E-state index in [1.165, 1.54) is 244 Å². The molecule has 0 aromatic carbocycles. The van der Waals surface area contributed by atoms with Gasteiger partial charge in [0.1, 0.15) is 36.6 Å². The highest BCUT2D eigenvalue weighted by molar-refractivity contribution is 5.80. The summed E-state index contributed by atoms with van der Waals surface area (Å²) >= 11 is 0. The molecule has 0 bridgehead atoms. The maximum absolute atomic E-state index is 13.2. The average molecular weight is 1070 g/mol. The number of ether oxygens (including phenoxy) is 2. The van der Waals surface area contributed by atoms with Crippen LogP contribution in [0.2, 0.25) is 0 Å². The summed E-state index contributed by atoms with van der Waals surface area (Å²) in [6.07, 6.45) is 52.7. The lowest BCUT2D eigenvalue weighted by molar-refractivity contribution is -0.303. The number of hydrogen-bond donors (Lipinski definition) is 8. The molecule has 1 aliphatic heterocycles. The molecule has 1 saturated heterocycles. The first-order chi connectivity index (χ1) is 36.7. The van der Waals surface area contributed by atoms with Crippen LogP contribution in [0.3, 0.4) is 0 Å². The van der Waals surface area contributed by atoms with Gasteiger partial charge in [-0.15, -0.1) is 0 Å². The zero-order chi connectivity index (χ0) is 54.7. The minimum Gasteiger partial charge on any atom is -0.394 e. The number of unbranched alkanes of at least 4 members (excludes halogenated alkanes) is 43. The number of hydrogen-bond acceptors (Lipinski definition) is 10. The fourth-order valence-corrected chi connectivity index (χ4v) is 10.8. The summed E-state index contributed by atoms with van der Waals surface area (Å²) in [6, 6.07) is -1.17. The van der Waals surface area contributed by atoms with E-state index < -0.39 is 74.2 Å². The quantitative estimate of drug-likeness (QED) is 0.0215. The molecule has 0 aromatic rings. The largest absolute Gasteiger partial charge is 0.394 e. The Kier molecular flexibility index (Phi) is 51.3. The molecule has 0 spiro atoms. The molecule has 446 valence electrons. The summed E-state index contributed by atoms with van der Waals surface area (Å²) in [6.45, 7) is 3.51. The van der Waals surface area contributed by atoms with E-state index in [9.17, 15) is 40.5 Å². The Morgan fingerprint density at radius 3 is 1.12 bits per heavy atom. The van der Waals surface area contributed by atoms with Crippen molar-refractivity contribution < 1.29 is 50.0 Å². The third kappa shape index (κ3) is 41.5. The second-order valence-corrected chi connectivity index (χ2v) is 23.2. The van der Waals surface area contributed by atoms with E-state index >= 15 is 0 Å². The van der Waals surface area contributed by atoms with Crippen molar-refractivity contribution >= 4 is 5.91 Å². The van der Waals surface area contributed by atoms with E-state index in [2.05, 4.69) is 31.3 Å². The molecule has 1 aliphatic rings. The van der Waals surface area contributed by atoms with Gasteiger partial charge in [-0.1, -0.05) is 296 Å². The van der Waals surface area contributed by atoms with Crippen LogP contribution >= 0.6 is 0 Å². The van der Waals surface area contributed by atoms with Gasteiger partial charge in [0, 0.05) is 0 Å². The predicted octanol–water partition coefficient (Wildman–Crippen LogP) is 14.7. The predicted molar refractivity (Wildman–Crippen MR) is 312 cm³/mol. The maximum Gasteiger partial charge on any atom is 0.249 e. The van der Waals surface area contributed by atoms with Crippen LogP contribution < -0.4 is 5.32 Å². The summed E-state index contributed by atoms with van der Waals surface area (Å²) < 4.78 is 11.2. The Morgan fingerprint density at radius 1 is 0.453 bits per heavy atom. The highest BCUT2D eigenvalue weighted by atomic mass is 16.7. The van der Waals surface area contributed by atoms with Crippen LogP contribution in [0.15, 0.2) is 12.2 Å². The van der Waals surface area contributed by atoms with Gasteiger partial charge in [0.25, 0.3) is 0 Å². The fourth-order valence-electron chi connectivity index (χ4n) is 10.8. The summed E-state index contributed by atoms with van der Waals surface area (Å²) in [4.78, 5) is 13.2. The minimum absolute atomic E-state index is 0.261. The first-order valence-corrected chi connectivity index (χ1v) is 32.6. The van der Waals surface area contributed by atoms with Crippen molar-refractivity contribution in [3.8, 4) is 0 Å². The molecule has 1 amide bonds. The topological polar surface area (TPSA) is 189 Å². The van der Waals surface area contributed by atoms with E-state index in [0.717, 1.165) is 38.5 Å². The third-order valence-electron chi connectivity index (χ3n) is 16.1. The van der Waals surface area contributed by atoms with Gasteiger partial charge in [-0.2, -0.15) is 0 Å². The van der Waals surface area contributed by atoms with Gasteiger partial charge in [0.2, 0.25) is 5.91 Å². The number of rotatable bonds is 57. The molecule has 1 rings (SSSR count). The van der Waals surface area contributed by atoms with Gasteiger partial charge in [-0.25, -0.2) is 0 Å². The van der Waals surface area contributed by atoms with Crippen LogP contribution in [0.4, 0.5) is 0 Å². The Hall–Kier alpha value is -1.15. The van der Waals surface area contributed by atoms with Gasteiger partial charge >= 0.3 is 0 Å². The van der Waals surface area contributed by atoms with Crippen molar-refractivity contribution in [2.45, 2.75) is 377 Å². The summed E-state index contributed by atoms with van der Waals surface area (Å²) in [5.74, 6) is -0.692. The summed E-state index contributed by atoms with van der Waals surface area (Å²) in [5, 5.41) is 76.4. The molecule has 1 heterocycles. The van der Waals surface area contributed by atoms with E-state index in [4.69, 9.17) is 9.47 Å². The molecule has 0 saturated carbocycles. The number of aliphatic hydroxyl groups excluding tert-OH is 7. The first-order valence-electron chi connectivity index (χ1n) is 32.6. The van der Waals surface area contributed by atoms with Gasteiger partial charge in [0.15, 0.2) is 6.29 Å². The van der Waals surface area contributed by atoms with E-state index in [1.54, 1.807) is 0 Å². The smallest absolute Gasteiger partial charge is 0.249 e. The number of aliphatic hydroxyl groups is 7. The van der Waals surface area contributed by atoms with Crippen LogP contribution in [0.1, 0.15) is 322 Å². The maximum atomic E-state index is 13.2. The van der Waals surface area contributed by atoms with Crippen molar-refractivity contribution in [3.63, 3.8) is 0 Å². The SMILES string of the molecule is CCCCCCCCCCCCCC/C=C\CCCCCCCCCCCC(O)C(=O)NC(COC1OC(CO)C(O)C(O)C1O)C(O)C(O)CCCCCCCCCCCCCCCCCCCCCCCCC. The number of allylic oxidation sites excluding steroid dienone is 2. The van der Waals surface area contributed by atoms with Gasteiger partial charge in [0.05, 0.1) is 25.4 Å². The van der Waals surface area contributed by atoms with E-state index in [-0.39, 0.29) is 6.42 Å². The molecule has 11 heteroatoms. The lowest BCUT2D eigenvalue weighted by atomic mass is 9.98. The number of carbonyl (C=O) groups excluding carboxylic acids is 1. The van der Waals surface area contributed by atoms with Gasteiger partial charge < -0.3 is 50.5 Å². The van der Waals surface area contributed by atoms with Gasteiger partial charge in [-0.3, -0.25) is 4.79 Å². The normalized spacial score (nSPS) is 19.7. The van der Waals surface area contributed by atoms with Crippen LogP contribution in [0.25, 0.3) is 0 Å². The molecule has 9 atom stereocenters. The number of amides is 1. The molecule has 1 fully saturated rings. The number of carbonyl (C=O) groups is 1. The lowest BCUT2D eigenvalue weighted by Gasteiger charge is -2.40. The lowest BCUT2D eigenvalue weighted by Crippen LogP contribution is -2.60. The van der Waals surface area contributed by atoms with Crippen molar-refractivity contribution in [1.82, 2.24) is 5.32 Å². The Morgan fingerprint density at radius 2 is 0.773 bits per heavy atom. The van der Waals surface area contributed by atoms with Crippen LogP contribution in [-0.4, -0.2) is 110 Å². The molecule has 8 N–H and O–H groups in total. The summed E-state index contributed by atoms with van der Waals surface area (Å²) in [7, 11) is 0. The van der Waals surface area contributed by atoms with Crippen molar-refractivity contribution in [3.05, 3.63) is 12.2 Å². The Labute approximate surface area is 462 Å². The molecular weight excluding hydrogens is 943 g/mol. The second-order valence-electron chi connectivity index (χ2n) is 23.2. The average Bonchev–Trinajstić information content (AvgIpc) is 3.41. The van der Waals surface area contributed by atoms with Crippen molar-refractivity contribution in [2.75, 3.05) is 13.2 Å². The molecule has 0 aliphatic carbocycles. The minimum atomic E-state index is -1.66. The highest BCUT2D eigenvalue weighted by Gasteiger charge is 2.44.